The standard InChI is InChI=1S/C16H20N2O4/c19-15(14-7-12(18-22-14)8-3-1-2-4-8)17-13-6-11(16(20)21)9-5-10(9)13/h7-11,13H,1-6H2,(H,17,19)(H,20,21)/t9-,10+,11-,13+/m1/s1. The number of fused-ring (bicyclic) bond motifs is 1. The van der Waals surface area contributed by atoms with Crippen molar-refractivity contribution in [3.8, 4) is 0 Å². The molecule has 1 heterocycles. The third-order valence-corrected chi connectivity index (χ3v) is 5.59. The lowest BCUT2D eigenvalue weighted by atomic mass is 10.0. The first-order chi connectivity index (χ1) is 10.6. The molecule has 6 heteroatoms. The van der Waals surface area contributed by atoms with Gasteiger partial charge in [-0.3, -0.25) is 9.59 Å². The summed E-state index contributed by atoms with van der Waals surface area (Å²) >= 11 is 0. The number of aliphatic carboxylic acids is 1. The Morgan fingerprint density at radius 1 is 1.23 bits per heavy atom. The Bertz CT molecular complexity index is 605. The van der Waals surface area contributed by atoms with Crippen LogP contribution < -0.4 is 5.32 Å². The second-order valence-electron chi connectivity index (χ2n) is 6.92. The number of nitrogens with one attached hydrogen (secondary N) is 1. The second kappa shape index (κ2) is 5.11. The third-order valence-electron chi connectivity index (χ3n) is 5.59. The number of carboxylic acid groups (broad SMARTS) is 1. The van der Waals surface area contributed by atoms with Crippen LogP contribution in [0.15, 0.2) is 10.6 Å². The predicted octanol–water partition coefficient (Wildman–Crippen LogP) is 2.17. The van der Waals surface area contributed by atoms with E-state index in [1.807, 2.05) is 0 Å². The van der Waals surface area contributed by atoms with E-state index in [0.29, 0.717) is 18.3 Å². The van der Waals surface area contributed by atoms with Crippen LogP contribution in [0.3, 0.4) is 0 Å². The van der Waals surface area contributed by atoms with E-state index in [1.54, 1.807) is 6.07 Å². The number of hydrogen-bond donors (Lipinski definition) is 2. The molecule has 0 bridgehead atoms. The van der Waals surface area contributed by atoms with Gasteiger partial charge in [0.05, 0.1) is 11.6 Å². The molecular weight excluding hydrogens is 284 g/mol. The van der Waals surface area contributed by atoms with Crippen molar-refractivity contribution in [1.82, 2.24) is 10.5 Å². The molecule has 3 aliphatic carbocycles. The number of carbonyl (C=O) groups is 2. The van der Waals surface area contributed by atoms with Crippen LogP contribution in [0.5, 0.6) is 0 Å². The van der Waals surface area contributed by atoms with Gasteiger partial charge in [-0.1, -0.05) is 18.0 Å². The van der Waals surface area contributed by atoms with Crippen molar-refractivity contribution >= 4 is 11.9 Å². The van der Waals surface area contributed by atoms with Gasteiger partial charge in [0.15, 0.2) is 0 Å². The van der Waals surface area contributed by atoms with Crippen molar-refractivity contribution in [2.24, 2.45) is 17.8 Å². The van der Waals surface area contributed by atoms with Crippen molar-refractivity contribution in [3.05, 3.63) is 17.5 Å². The van der Waals surface area contributed by atoms with Crippen LogP contribution in [0.25, 0.3) is 0 Å². The fourth-order valence-corrected chi connectivity index (χ4v) is 4.28. The summed E-state index contributed by atoms with van der Waals surface area (Å²) in [4.78, 5) is 23.4. The van der Waals surface area contributed by atoms with E-state index < -0.39 is 5.97 Å². The molecule has 3 fully saturated rings. The minimum atomic E-state index is -0.743. The van der Waals surface area contributed by atoms with Gasteiger partial charge in [-0.15, -0.1) is 0 Å². The molecule has 6 nitrogen and oxygen atoms in total. The maximum Gasteiger partial charge on any atom is 0.306 e. The average molecular weight is 304 g/mol. The molecule has 0 aromatic carbocycles. The zero-order chi connectivity index (χ0) is 15.3. The summed E-state index contributed by atoms with van der Waals surface area (Å²) in [6.45, 7) is 0. The molecule has 0 unspecified atom stereocenters. The minimum Gasteiger partial charge on any atom is -0.481 e. The maximum atomic E-state index is 12.3. The molecule has 2 N–H and O–H groups in total. The molecule has 3 aliphatic rings. The van der Waals surface area contributed by atoms with Crippen LogP contribution in [0.2, 0.25) is 0 Å². The maximum absolute atomic E-state index is 12.3. The Hall–Kier alpha value is -1.85. The van der Waals surface area contributed by atoms with E-state index in [-0.39, 0.29) is 29.5 Å². The molecule has 22 heavy (non-hydrogen) atoms. The number of amides is 1. The van der Waals surface area contributed by atoms with Gasteiger partial charge < -0.3 is 14.9 Å². The van der Waals surface area contributed by atoms with E-state index in [9.17, 15) is 9.59 Å². The van der Waals surface area contributed by atoms with Gasteiger partial charge in [-0.2, -0.15) is 0 Å². The van der Waals surface area contributed by atoms with Crippen molar-refractivity contribution in [2.45, 2.75) is 50.5 Å². The fraction of sp³-hybridized carbons (Fsp3) is 0.688. The summed E-state index contributed by atoms with van der Waals surface area (Å²) in [6, 6.07) is 1.71. The summed E-state index contributed by atoms with van der Waals surface area (Å²) in [5, 5.41) is 16.1. The minimum absolute atomic E-state index is 0.0429. The van der Waals surface area contributed by atoms with Crippen molar-refractivity contribution < 1.29 is 19.2 Å². The molecule has 4 atom stereocenters. The quantitative estimate of drug-likeness (QED) is 0.889. The summed E-state index contributed by atoms with van der Waals surface area (Å²) < 4.78 is 5.19. The fourth-order valence-electron chi connectivity index (χ4n) is 4.28. The second-order valence-corrected chi connectivity index (χ2v) is 6.92. The van der Waals surface area contributed by atoms with E-state index in [0.717, 1.165) is 25.0 Å². The molecule has 0 spiro atoms. The van der Waals surface area contributed by atoms with Gasteiger partial charge in [0.1, 0.15) is 0 Å². The number of nitrogens with zero attached hydrogens (tertiary/aromatic N) is 1. The van der Waals surface area contributed by atoms with Gasteiger partial charge in [-0.05, 0) is 37.5 Å². The highest BCUT2D eigenvalue weighted by Crippen LogP contribution is 2.55. The number of hydrogen-bond acceptors (Lipinski definition) is 4. The van der Waals surface area contributed by atoms with Crippen molar-refractivity contribution in [3.63, 3.8) is 0 Å². The zero-order valence-corrected chi connectivity index (χ0v) is 12.3. The van der Waals surface area contributed by atoms with E-state index in [2.05, 4.69) is 10.5 Å². The SMILES string of the molecule is O=C(N[C@H]1C[C@@H](C(=O)O)[C@@H]2C[C@@H]21)c1cc(C2CCCC2)no1. The summed E-state index contributed by atoms with van der Waals surface area (Å²) in [5.74, 6) is -0.0855. The van der Waals surface area contributed by atoms with E-state index in [1.165, 1.54) is 12.8 Å². The Kier molecular flexibility index (Phi) is 3.20. The first kappa shape index (κ1) is 13.8. The molecule has 0 aliphatic heterocycles. The molecule has 1 aromatic rings. The Balaban J connectivity index is 1.39. The highest BCUT2D eigenvalue weighted by atomic mass is 16.5. The predicted molar refractivity (Wildman–Crippen MR) is 76.3 cm³/mol. The highest BCUT2D eigenvalue weighted by molar-refractivity contribution is 5.91. The molecule has 118 valence electrons. The molecule has 0 radical (unpaired) electrons. The van der Waals surface area contributed by atoms with Gasteiger partial charge in [-0.25, -0.2) is 0 Å². The molecule has 0 saturated heterocycles. The summed E-state index contributed by atoms with van der Waals surface area (Å²) in [7, 11) is 0. The number of carbonyl (C=O) groups excluding carboxylic acids is 1. The Labute approximate surface area is 128 Å². The van der Waals surface area contributed by atoms with Gasteiger partial charge >= 0.3 is 5.97 Å². The van der Waals surface area contributed by atoms with Crippen molar-refractivity contribution in [1.29, 1.82) is 0 Å². The van der Waals surface area contributed by atoms with Crippen LogP contribution in [-0.4, -0.2) is 28.2 Å². The van der Waals surface area contributed by atoms with E-state index >= 15 is 0 Å². The largest absolute Gasteiger partial charge is 0.481 e. The number of carboxylic acids is 1. The zero-order valence-electron chi connectivity index (χ0n) is 12.3. The lowest BCUT2D eigenvalue weighted by Crippen LogP contribution is -2.35. The van der Waals surface area contributed by atoms with Crippen LogP contribution in [0, 0.1) is 17.8 Å². The Morgan fingerprint density at radius 2 is 2.00 bits per heavy atom. The van der Waals surface area contributed by atoms with Gasteiger partial charge in [0.25, 0.3) is 5.91 Å². The van der Waals surface area contributed by atoms with Crippen LogP contribution >= 0.6 is 0 Å². The topological polar surface area (TPSA) is 92.4 Å². The molecule has 3 saturated carbocycles. The molecule has 1 amide bonds. The number of aromatic nitrogens is 1. The van der Waals surface area contributed by atoms with Gasteiger partial charge in [0.2, 0.25) is 5.76 Å². The van der Waals surface area contributed by atoms with Crippen molar-refractivity contribution in [2.75, 3.05) is 0 Å². The molecular formula is C16H20N2O4. The summed E-state index contributed by atoms with van der Waals surface area (Å²) in [5.41, 5.74) is 0.877. The molecule has 1 aromatic heterocycles. The van der Waals surface area contributed by atoms with E-state index in [4.69, 9.17) is 9.63 Å². The van der Waals surface area contributed by atoms with Crippen LogP contribution in [-0.2, 0) is 4.79 Å². The third kappa shape index (κ3) is 2.30. The smallest absolute Gasteiger partial charge is 0.306 e. The average Bonchev–Trinajstić information content (AvgIpc) is 2.92. The van der Waals surface area contributed by atoms with Crippen LogP contribution in [0.4, 0.5) is 0 Å². The number of rotatable bonds is 4. The summed E-state index contributed by atoms with van der Waals surface area (Å²) in [6.07, 6.45) is 6.08. The lowest BCUT2D eigenvalue weighted by molar-refractivity contribution is -0.142. The van der Waals surface area contributed by atoms with Gasteiger partial charge in [0, 0.05) is 18.0 Å². The lowest BCUT2D eigenvalue weighted by Gasteiger charge is -2.14. The monoisotopic (exact) mass is 304 g/mol. The Morgan fingerprint density at radius 3 is 2.68 bits per heavy atom. The highest BCUT2D eigenvalue weighted by Gasteiger charge is 2.57. The normalized spacial score (nSPS) is 33.6. The first-order valence-electron chi connectivity index (χ1n) is 8.14. The first-order valence-corrected chi connectivity index (χ1v) is 8.14. The van der Waals surface area contributed by atoms with Crippen LogP contribution in [0.1, 0.15) is 60.7 Å². The molecule has 4 rings (SSSR count).